The van der Waals surface area contributed by atoms with E-state index in [1.807, 2.05) is 32.0 Å². The van der Waals surface area contributed by atoms with Crippen molar-refractivity contribution < 1.29 is 23.8 Å². The average molecular weight is 394 g/mol. The van der Waals surface area contributed by atoms with Crippen LogP contribution in [0.4, 0.5) is 5.69 Å². The Morgan fingerprint density at radius 2 is 1.83 bits per heavy atom. The van der Waals surface area contributed by atoms with Gasteiger partial charge in [0.1, 0.15) is 5.70 Å². The van der Waals surface area contributed by atoms with Crippen LogP contribution in [0.3, 0.4) is 0 Å². The molecule has 2 heterocycles. The Morgan fingerprint density at radius 3 is 2.59 bits per heavy atom. The minimum absolute atomic E-state index is 0.164. The maximum atomic E-state index is 13.2. The number of carbonyl (C=O) groups is 2. The van der Waals surface area contributed by atoms with Crippen LogP contribution < -0.4 is 14.8 Å². The third-order valence-electron chi connectivity index (χ3n) is 4.98. The number of aryl methyl sites for hydroxylation is 2. The fraction of sp³-hybridized carbons (Fsp3) is 0.273. The number of nitrogens with one attached hydrogen (secondary N) is 1. The van der Waals surface area contributed by atoms with Crippen molar-refractivity contribution in [2.45, 2.75) is 13.8 Å². The lowest BCUT2D eigenvalue weighted by Gasteiger charge is -2.14. The van der Waals surface area contributed by atoms with Crippen LogP contribution in [0.1, 0.15) is 16.7 Å². The van der Waals surface area contributed by atoms with Gasteiger partial charge in [-0.2, -0.15) is 0 Å². The van der Waals surface area contributed by atoms with E-state index in [4.69, 9.17) is 14.2 Å². The van der Waals surface area contributed by atoms with E-state index >= 15 is 0 Å². The second-order valence-corrected chi connectivity index (χ2v) is 7.02. The number of fused-ring (bicyclic) bond motifs is 1. The van der Waals surface area contributed by atoms with Gasteiger partial charge in [0.15, 0.2) is 11.5 Å². The van der Waals surface area contributed by atoms with Crippen LogP contribution in [0.15, 0.2) is 42.1 Å². The molecule has 0 spiro atoms. The maximum Gasteiger partial charge on any atom is 0.278 e. The third kappa shape index (κ3) is 3.45. The second kappa shape index (κ2) is 7.60. The summed E-state index contributed by atoms with van der Waals surface area (Å²) in [4.78, 5) is 27.5. The number of benzene rings is 2. The molecule has 0 saturated heterocycles. The van der Waals surface area contributed by atoms with Crippen LogP contribution >= 0.6 is 0 Å². The molecule has 1 N–H and O–H groups in total. The molecule has 2 aliphatic rings. The van der Waals surface area contributed by atoms with E-state index < -0.39 is 0 Å². The van der Waals surface area contributed by atoms with Gasteiger partial charge in [0, 0.05) is 18.9 Å². The lowest BCUT2D eigenvalue weighted by Crippen LogP contribution is -2.35. The van der Waals surface area contributed by atoms with Crippen molar-refractivity contribution in [1.29, 1.82) is 0 Å². The predicted octanol–water partition coefficient (Wildman–Crippen LogP) is 2.87. The first-order valence-electron chi connectivity index (χ1n) is 9.33. The van der Waals surface area contributed by atoms with Gasteiger partial charge in [-0.15, -0.1) is 0 Å². The summed E-state index contributed by atoms with van der Waals surface area (Å²) in [6, 6.07) is 11.1. The number of carbonyl (C=O) groups excluding carboxylic acids is 2. The molecule has 0 aromatic heterocycles. The molecule has 150 valence electrons. The molecule has 0 atom stereocenters. The summed E-state index contributed by atoms with van der Waals surface area (Å²) in [5.74, 6) is 0.535. The number of imide groups is 1. The van der Waals surface area contributed by atoms with E-state index in [0.717, 1.165) is 16.7 Å². The summed E-state index contributed by atoms with van der Waals surface area (Å²) in [5, 5.41) is 3.14. The zero-order valence-corrected chi connectivity index (χ0v) is 16.6. The highest BCUT2D eigenvalue weighted by atomic mass is 16.7. The first-order chi connectivity index (χ1) is 14.0. The summed E-state index contributed by atoms with van der Waals surface area (Å²) >= 11 is 0. The number of hydrogen-bond acceptors (Lipinski definition) is 6. The summed E-state index contributed by atoms with van der Waals surface area (Å²) in [6.07, 6.45) is 0. The molecule has 0 aliphatic carbocycles. The van der Waals surface area contributed by atoms with Gasteiger partial charge in [0.25, 0.3) is 11.8 Å². The van der Waals surface area contributed by atoms with Gasteiger partial charge < -0.3 is 19.5 Å². The molecule has 4 rings (SSSR count). The van der Waals surface area contributed by atoms with E-state index in [1.54, 1.807) is 18.2 Å². The topological polar surface area (TPSA) is 77.1 Å². The largest absolute Gasteiger partial charge is 0.454 e. The molecule has 7 heteroatoms. The van der Waals surface area contributed by atoms with E-state index in [9.17, 15) is 9.59 Å². The summed E-state index contributed by atoms with van der Waals surface area (Å²) in [7, 11) is 1.54. The zero-order chi connectivity index (χ0) is 20.5. The summed E-state index contributed by atoms with van der Waals surface area (Å²) in [5.41, 5.74) is 4.00. The highest BCUT2D eigenvalue weighted by Crippen LogP contribution is 2.37. The normalized spacial score (nSPS) is 15.5. The van der Waals surface area contributed by atoms with Crippen molar-refractivity contribution in [1.82, 2.24) is 4.90 Å². The van der Waals surface area contributed by atoms with Crippen LogP contribution in [-0.4, -0.2) is 43.8 Å². The average Bonchev–Trinajstić information content (AvgIpc) is 3.24. The van der Waals surface area contributed by atoms with Crippen LogP contribution in [0.2, 0.25) is 0 Å². The van der Waals surface area contributed by atoms with Gasteiger partial charge in [0.05, 0.1) is 18.7 Å². The standard InChI is InChI=1S/C22H22N2O5/c1-13-4-6-16(14(2)10-13)19-20(22(26)24(21(19)25)8-9-27-3)23-15-5-7-17-18(11-15)29-12-28-17/h4-7,10-11,23H,8-9,12H2,1-3H3. The number of methoxy groups -OCH3 is 1. The minimum Gasteiger partial charge on any atom is -0.454 e. The smallest absolute Gasteiger partial charge is 0.278 e. The Bertz CT molecular complexity index is 1030. The third-order valence-corrected chi connectivity index (χ3v) is 4.98. The van der Waals surface area contributed by atoms with Crippen molar-refractivity contribution in [3.63, 3.8) is 0 Å². The molecule has 2 aliphatic heterocycles. The Kier molecular flexibility index (Phi) is 4.98. The zero-order valence-electron chi connectivity index (χ0n) is 16.6. The quantitative estimate of drug-likeness (QED) is 0.760. The van der Waals surface area contributed by atoms with Gasteiger partial charge >= 0.3 is 0 Å². The number of hydrogen-bond donors (Lipinski definition) is 1. The molecule has 0 bridgehead atoms. The fourth-order valence-corrected chi connectivity index (χ4v) is 3.54. The van der Waals surface area contributed by atoms with Gasteiger partial charge in [-0.1, -0.05) is 23.8 Å². The molecule has 2 amide bonds. The van der Waals surface area contributed by atoms with Crippen LogP contribution in [-0.2, 0) is 14.3 Å². The lowest BCUT2D eigenvalue weighted by molar-refractivity contribution is -0.137. The molecular weight excluding hydrogens is 372 g/mol. The van der Waals surface area contributed by atoms with Crippen molar-refractivity contribution in [2.75, 3.05) is 32.4 Å². The van der Waals surface area contributed by atoms with Crippen molar-refractivity contribution in [2.24, 2.45) is 0 Å². The van der Waals surface area contributed by atoms with Crippen molar-refractivity contribution >= 4 is 23.1 Å². The van der Waals surface area contributed by atoms with E-state index in [2.05, 4.69) is 5.32 Å². The monoisotopic (exact) mass is 394 g/mol. The first kappa shape index (κ1) is 19.0. The van der Waals surface area contributed by atoms with Gasteiger partial charge in [-0.25, -0.2) is 0 Å². The molecule has 0 saturated carbocycles. The first-order valence-corrected chi connectivity index (χ1v) is 9.33. The highest BCUT2D eigenvalue weighted by molar-refractivity contribution is 6.36. The second-order valence-electron chi connectivity index (χ2n) is 7.02. The molecule has 0 radical (unpaired) electrons. The van der Waals surface area contributed by atoms with Crippen LogP contribution in [0.25, 0.3) is 5.57 Å². The van der Waals surface area contributed by atoms with Crippen molar-refractivity contribution in [3.05, 3.63) is 58.8 Å². The number of ether oxygens (including phenoxy) is 3. The SMILES string of the molecule is COCCN1C(=O)C(Nc2ccc3c(c2)OCO3)=C(c2ccc(C)cc2C)C1=O. The summed E-state index contributed by atoms with van der Waals surface area (Å²) < 4.78 is 15.8. The van der Waals surface area contributed by atoms with Gasteiger partial charge in [0.2, 0.25) is 6.79 Å². The number of amides is 2. The minimum atomic E-state index is -0.375. The number of rotatable bonds is 6. The summed E-state index contributed by atoms with van der Waals surface area (Å²) in [6.45, 7) is 4.55. The lowest BCUT2D eigenvalue weighted by atomic mass is 9.97. The Morgan fingerprint density at radius 1 is 1.03 bits per heavy atom. The maximum absolute atomic E-state index is 13.2. The number of anilines is 1. The van der Waals surface area contributed by atoms with E-state index in [1.165, 1.54) is 12.0 Å². The molecular formula is C22H22N2O5. The molecule has 0 fully saturated rings. The molecule has 2 aromatic rings. The molecule has 7 nitrogen and oxygen atoms in total. The predicted molar refractivity (Wildman–Crippen MR) is 108 cm³/mol. The Labute approximate surface area is 168 Å². The highest BCUT2D eigenvalue weighted by Gasteiger charge is 2.39. The molecule has 29 heavy (non-hydrogen) atoms. The fourth-order valence-electron chi connectivity index (χ4n) is 3.54. The molecule has 0 unspecified atom stereocenters. The Balaban J connectivity index is 1.76. The van der Waals surface area contributed by atoms with E-state index in [-0.39, 0.29) is 37.5 Å². The van der Waals surface area contributed by atoms with E-state index in [0.29, 0.717) is 22.8 Å². The van der Waals surface area contributed by atoms with Crippen molar-refractivity contribution in [3.8, 4) is 11.5 Å². The van der Waals surface area contributed by atoms with Crippen LogP contribution in [0.5, 0.6) is 11.5 Å². The van der Waals surface area contributed by atoms with Crippen LogP contribution in [0, 0.1) is 13.8 Å². The Hall–Kier alpha value is -3.32. The van der Waals surface area contributed by atoms with Gasteiger partial charge in [-0.05, 0) is 37.1 Å². The van der Waals surface area contributed by atoms with Gasteiger partial charge in [-0.3, -0.25) is 14.5 Å². The number of nitrogens with zero attached hydrogens (tertiary/aromatic N) is 1. The molecule has 2 aromatic carbocycles.